The number of unbranched alkanes of at least 4 members (excludes halogenated alkanes) is 5. The van der Waals surface area contributed by atoms with Gasteiger partial charge in [0.15, 0.2) is 0 Å². The van der Waals surface area contributed by atoms with Crippen molar-refractivity contribution < 1.29 is 9.47 Å². The number of benzene rings is 1. The van der Waals surface area contributed by atoms with Crippen molar-refractivity contribution in [3.63, 3.8) is 0 Å². The van der Waals surface area contributed by atoms with E-state index in [1.165, 1.54) is 44.1 Å². The zero-order valence-electron chi connectivity index (χ0n) is 11.6. The van der Waals surface area contributed by atoms with Crippen LogP contribution in [0.25, 0.3) is 0 Å². The van der Waals surface area contributed by atoms with Crippen LogP contribution in [0.3, 0.4) is 0 Å². The molecule has 0 radical (unpaired) electrons. The molecule has 18 heavy (non-hydrogen) atoms. The lowest BCUT2D eigenvalue weighted by Gasteiger charge is -2.04. The molecule has 0 bridgehead atoms. The fourth-order valence-electron chi connectivity index (χ4n) is 1.92. The Balaban J connectivity index is 1.82. The molecule has 0 aliphatic carbocycles. The largest absolute Gasteiger partial charge is 0.385 e. The third-order valence-electron chi connectivity index (χ3n) is 3.00. The molecule has 0 heterocycles. The van der Waals surface area contributed by atoms with Crippen LogP contribution in [-0.4, -0.2) is 20.3 Å². The summed E-state index contributed by atoms with van der Waals surface area (Å²) in [5.41, 5.74) is 1.26. The summed E-state index contributed by atoms with van der Waals surface area (Å²) in [6.07, 6.45) is 7.58. The Morgan fingerprint density at radius 3 is 2.06 bits per heavy atom. The first-order valence-electron chi connectivity index (χ1n) is 7.04. The van der Waals surface area contributed by atoms with Gasteiger partial charge in [-0.1, -0.05) is 56.0 Å². The van der Waals surface area contributed by atoms with Crippen LogP contribution < -0.4 is 0 Å². The second-order valence-electron chi connectivity index (χ2n) is 4.65. The van der Waals surface area contributed by atoms with Crippen molar-refractivity contribution in [3.8, 4) is 0 Å². The molecule has 1 aromatic carbocycles. The minimum atomic E-state index is 0.745. The molecule has 1 rings (SSSR count). The van der Waals surface area contributed by atoms with E-state index in [1.807, 2.05) is 6.07 Å². The van der Waals surface area contributed by atoms with Crippen LogP contribution in [0, 0.1) is 0 Å². The number of methoxy groups -OCH3 is 1. The van der Waals surface area contributed by atoms with Gasteiger partial charge in [0.1, 0.15) is 0 Å². The van der Waals surface area contributed by atoms with Crippen molar-refractivity contribution in [3.05, 3.63) is 35.9 Å². The van der Waals surface area contributed by atoms with E-state index in [0.29, 0.717) is 0 Å². The van der Waals surface area contributed by atoms with E-state index in [4.69, 9.17) is 9.47 Å². The monoisotopic (exact) mass is 250 g/mol. The fraction of sp³-hybridized carbons (Fsp3) is 0.625. The molecule has 2 nitrogen and oxygen atoms in total. The first-order valence-corrected chi connectivity index (χ1v) is 7.04. The van der Waals surface area contributed by atoms with Crippen molar-refractivity contribution in [2.75, 3.05) is 20.3 Å². The van der Waals surface area contributed by atoms with Gasteiger partial charge < -0.3 is 9.47 Å². The second kappa shape index (κ2) is 11.2. The summed E-state index contributed by atoms with van der Waals surface area (Å²) in [6.45, 7) is 2.53. The predicted octanol–water partition coefficient (Wildman–Crippen LogP) is 4.19. The Kier molecular flexibility index (Phi) is 9.49. The van der Waals surface area contributed by atoms with E-state index in [0.717, 1.165) is 19.8 Å². The summed E-state index contributed by atoms with van der Waals surface area (Å²) < 4.78 is 10.7. The van der Waals surface area contributed by atoms with E-state index in [1.54, 1.807) is 7.11 Å². The molecule has 0 atom stereocenters. The molecule has 2 heteroatoms. The number of hydrogen-bond acceptors (Lipinski definition) is 2. The first-order chi connectivity index (χ1) is 8.93. The van der Waals surface area contributed by atoms with Crippen LogP contribution in [0.2, 0.25) is 0 Å². The highest BCUT2D eigenvalue weighted by atomic mass is 16.5. The summed E-state index contributed by atoms with van der Waals surface area (Å²) in [7, 11) is 1.77. The normalized spacial score (nSPS) is 10.7. The summed E-state index contributed by atoms with van der Waals surface area (Å²) in [5.74, 6) is 0. The van der Waals surface area contributed by atoms with Crippen LogP contribution in [-0.2, 0) is 16.1 Å². The van der Waals surface area contributed by atoms with Crippen molar-refractivity contribution in [1.29, 1.82) is 0 Å². The van der Waals surface area contributed by atoms with Crippen LogP contribution in [0.5, 0.6) is 0 Å². The van der Waals surface area contributed by atoms with Crippen LogP contribution >= 0.6 is 0 Å². The number of hydrogen-bond donors (Lipinski definition) is 0. The molecule has 0 aliphatic heterocycles. The highest BCUT2D eigenvalue weighted by Gasteiger charge is 1.93. The summed E-state index contributed by atoms with van der Waals surface area (Å²) in [5, 5.41) is 0. The van der Waals surface area contributed by atoms with Crippen molar-refractivity contribution >= 4 is 0 Å². The molecule has 0 saturated carbocycles. The lowest BCUT2D eigenvalue weighted by molar-refractivity contribution is 0.116. The molecule has 0 aliphatic rings. The van der Waals surface area contributed by atoms with Crippen LogP contribution in [0.15, 0.2) is 30.3 Å². The lowest BCUT2D eigenvalue weighted by atomic mass is 10.1. The fourth-order valence-corrected chi connectivity index (χ4v) is 1.92. The highest BCUT2D eigenvalue weighted by molar-refractivity contribution is 5.13. The average molecular weight is 250 g/mol. The second-order valence-corrected chi connectivity index (χ2v) is 4.65. The van der Waals surface area contributed by atoms with Crippen LogP contribution in [0.4, 0.5) is 0 Å². The van der Waals surface area contributed by atoms with Gasteiger partial charge in [-0.25, -0.2) is 0 Å². The standard InChI is InChI=1S/C16H26O2/c1-17-13-9-4-2-3-5-10-14-18-15-16-11-7-6-8-12-16/h6-8,11-12H,2-5,9-10,13-15H2,1H3. The summed E-state index contributed by atoms with van der Waals surface area (Å²) in [6, 6.07) is 10.4. The maximum atomic E-state index is 5.64. The topological polar surface area (TPSA) is 18.5 Å². The predicted molar refractivity (Wildman–Crippen MR) is 75.7 cm³/mol. The van der Waals surface area contributed by atoms with Gasteiger partial charge in [0.25, 0.3) is 0 Å². The molecule has 0 amide bonds. The molecule has 102 valence electrons. The quantitative estimate of drug-likeness (QED) is 0.548. The minimum absolute atomic E-state index is 0.745. The van der Waals surface area contributed by atoms with E-state index < -0.39 is 0 Å². The van der Waals surface area contributed by atoms with Gasteiger partial charge in [-0.05, 0) is 18.4 Å². The molecule has 0 fully saturated rings. The molecule has 0 aromatic heterocycles. The van der Waals surface area contributed by atoms with Crippen molar-refractivity contribution in [1.82, 2.24) is 0 Å². The summed E-state index contributed by atoms with van der Waals surface area (Å²) >= 11 is 0. The number of ether oxygens (including phenoxy) is 2. The molecular formula is C16H26O2. The van der Waals surface area contributed by atoms with E-state index in [-0.39, 0.29) is 0 Å². The van der Waals surface area contributed by atoms with Gasteiger partial charge in [-0.2, -0.15) is 0 Å². The van der Waals surface area contributed by atoms with Gasteiger partial charge in [0.05, 0.1) is 6.61 Å². The molecule has 0 unspecified atom stereocenters. The Labute approximate surface area is 111 Å². The van der Waals surface area contributed by atoms with E-state index in [9.17, 15) is 0 Å². The Morgan fingerprint density at radius 2 is 1.39 bits per heavy atom. The maximum absolute atomic E-state index is 5.64. The third kappa shape index (κ3) is 8.26. The minimum Gasteiger partial charge on any atom is -0.385 e. The third-order valence-corrected chi connectivity index (χ3v) is 3.00. The zero-order chi connectivity index (χ0) is 12.9. The Hall–Kier alpha value is -0.860. The zero-order valence-corrected chi connectivity index (χ0v) is 11.6. The van der Waals surface area contributed by atoms with Gasteiger partial charge >= 0.3 is 0 Å². The van der Waals surface area contributed by atoms with Gasteiger partial charge in [0.2, 0.25) is 0 Å². The van der Waals surface area contributed by atoms with Gasteiger partial charge in [-0.15, -0.1) is 0 Å². The van der Waals surface area contributed by atoms with Crippen LogP contribution in [0.1, 0.15) is 44.1 Å². The van der Waals surface area contributed by atoms with Gasteiger partial charge in [0, 0.05) is 20.3 Å². The number of rotatable bonds is 11. The molecular weight excluding hydrogens is 224 g/mol. The summed E-state index contributed by atoms with van der Waals surface area (Å²) in [4.78, 5) is 0. The molecule has 1 aromatic rings. The molecule has 0 N–H and O–H groups in total. The van der Waals surface area contributed by atoms with E-state index in [2.05, 4.69) is 24.3 Å². The lowest BCUT2D eigenvalue weighted by Crippen LogP contribution is -1.95. The first kappa shape index (κ1) is 15.2. The Bertz CT molecular complexity index is 272. The van der Waals surface area contributed by atoms with Gasteiger partial charge in [-0.3, -0.25) is 0 Å². The highest BCUT2D eigenvalue weighted by Crippen LogP contribution is 2.06. The van der Waals surface area contributed by atoms with Crippen molar-refractivity contribution in [2.45, 2.75) is 45.1 Å². The Morgan fingerprint density at radius 1 is 0.778 bits per heavy atom. The smallest absolute Gasteiger partial charge is 0.0716 e. The maximum Gasteiger partial charge on any atom is 0.0716 e. The average Bonchev–Trinajstić information content (AvgIpc) is 2.42. The SMILES string of the molecule is COCCCCCCCCOCc1ccccc1. The molecule has 0 saturated heterocycles. The molecule has 0 spiro atoms. The van der Waals surface area contributed by atoms with E-state index >= 15 is 0 Å². The van der Waals surface area contributed by atoms with Crippen molar-refractivity contribution in [2.24, 2.45) is 0 Å².